The van der Waals surface area contributed by atoms with Gasteiger partial charge in [-0.25, -0.2) is 4.57 Å². The Morgan fingerprint density at radius 1 is 1.44 bits per heavy atom. The molecule has 96 valence electrons. The third-order valence-electron chi connectivity index (χ3n) is 2.51. The van der Waals surface area contributed by atoms with E-state index in [0.29, 0.717) is 0 Å². The minimum atomic E-state index is -3.94. The molecule has 2 N–H and O–H groups in total. The zero-order valence-corrected chi connectivity index (χ0v) is 11.0. The van der Waals surface area contributed by atoms with E-state index in [1.807, 2.05) is 4.90 Å². The predicted octanol–water partition coefficient (Wildman–Crippen LogP) is 0.781. The molecule has 1 aliphatic heterocycles. The van der Waals surface area contributed by atoms with Gasteiger partial charge in [0.15, 0.2) is 0 Å². The first-order valence-corrected chi connectivity index (χ1v) is 7.01. The first-order chi connectivity index (χ1) is 7.37. The van der Waals surface area contributed by atoms with Gasteiger partial charge < -0.3 is 10.2 Å². The molecule has 7 heteroatoms. The molecule has 0 bridgehead atoms. The molecule has 0 aromatic carbocycles. The van der Waals surface area contributed by atoms with Gasteiger partial charge in [-0.05, 0) is 20.8 Å². The van der Waals surface area contributed by atoms with Crippen LogP contribution in [0.2, 0.25) is 0 Å². The van der Waals surface area contributed by atoms with Crippen molar-refractivity contribution in [3.8, 4) is 0 Å². The molecule has 1 fully saturated rings. The van der Waals surface area contributed by atoms with Crippen molar-refractivity contribution in [1.29, 1.82) is 0 Å². The lowest BCUT2D eigenvalue weighted by Gasteiger charge is -2.40. The molecule has 1 heterocycles. The van der Waals surface area contributed by atoms with E-state index < -0.39 is 13.5 Å². The SMILES string of the molecule is CCOP(=O)(O)OC(C)(C)N1CCNCC1. The fourth-order valence-electron chi connectivity index (χ4n) is 1.73. The highest BCUT2D eigenvalue weighted by molar-refractivity contribution is 7.47. The third-order valence-corrected chi connectivity index (χ3v) is 3.77. The van der Waals surface area contributed by atoms with Crippen LogP contribution in [0, 0.1) is 0 Å². The van der Waals surface area contributed by atoms with E-state index in [0.717, 1.165) is 26.2 Å². The average Bonchev–Trinajstić information content (AvgIpc) is 2.17. The van der Waals surface area contributed by atoms with Crippen molar-refractivity contribution in [2.45, 2.75) is 26.5 Å². The Balaban J connectivity index is 2.58. The molecular weight excluding hydrogens is 231 g/mol. The Labute approximate surface area is 96.5 Å². The maximum absolute atomic E-state index is 11.5. The number of phosphoric ester groups is 1. The average molecular weight is 252 g/mol. The number of phosphoric acid groups is 1. The summed E-state index contributed by atoms with van der Waals surface area (Å²) in [5.74, 6) is 0. The maximum atomic E-state index is 11.5. The summed E-state index contributed by atoms with van der Waals surface area (Å²) in [6, 6.07) is 0. The molecule has 1 saturated heterocycles. The number of nitrogens with one attached hydrogen (secondary N) is 1. The monoisotopic (exact) mass is 252 g/mol. The molecule has 0 aromatic heterocycles. The molecule has 16 heavy (non-hydrogen) atoms. The van der Waals surface area contributed by atoms with Crippen LogP contribution >= 0.6 is 7.82 Å². The fraction of sp³-hybridized carbons (Fsp3) is 1.00. The van der Waals surface area contributed by atoms with Gasteiger partial charge in [-0.3, -0.25) is 13.9 Å². The summed E-state index contributed by atoms with van der Waals surface area (Å²) in [7, 11) is -3.94. The van der Waals surface area contributed by atoms with Crippen LogP contribution in [0.1, 0.15) is 20.8 Å². The smallest absolute Gasteiger partial charge is 0.314 e. The molecule has 0 amide bonds. The number of nitrogens with zero attached hydrogens (tertiary/aromatic N) is 1. The van der Waals surface area contributed by atoms with E-state index in [2.05, 4.69) is 5.32 Å². The van der Waals surface area contributed by atoms with E-state index >= 15 is 0 Å². The molecule has 0 aliphatic carbocycles. The molecule has 1 rings (SSSR count). The molecule has 0 aromatic rings. The number of rotatable bonds is 5. The molecule has 1 unspecified atom stereocenters. The van der Waals surface area contributed by atoms with Crippen LogP contribution in [0.3, 0.4) is 0 Å². The Morgan fingerprint density at radius 2 is 2.00 bits per heavy atom. The summed E-state index contributed by atoms with van der Waals surface area (Å²) in [6.07, 6.45) is 0. The van der Waals surface area contributed by atoms with Gasteiger partial charge >= 0.3 is 7.82 Å². The summed E-state index contributed by atoms with van der Waals surface area (Å²) in [5.41, 5.74) is -0.790. The van der Waals surface area contributed by atoms with Gasteiger partial charge in [0.1, 0.15) is 5.72 Å². The van der Waals surface area contributed by atoms with E-state index in [1.54, 1.807) is 20.8 Å². The number of hydrogen-bond acceptors (Lipinski definition) is 5. The first-order valence-electron chi connectivity index (χ1n) is 5.51. The van der Waals surface area contributed by atoms with Crippen LogP contribution in [0.5, 0.6) is 0 Å². The van der Waals surface area contributed by atoms with Crippen molar-refractivity contribution in [3.05, 3.63) is 0 Å². The minimum Gasteiger partial charge on any atom is -0.314 e. The summed E-state index contributed by atoms with van der Waals surface area (Å²) in [6.45, 7) is 8.67. The van der Waals surface area contributed by atoms with Gasteiger partial charge in [-0.1, -0.05) is 0 Å². The molecule has 0 spiro atoms. The van der Waals surface area contributed by atoms with E-state index in [4.69, 9.17) is 9.05 Å². The van der Waals surface area contributed by atoms with Crippen molar-refractivity contribution in [3.63, 3.8) is 0 Å². The Bertz CT molecular complexity index is 266. The van der Waals surface area contributed by atoms with Gasteiger partial charge in [0, 0.05) is 26.2 Å². The second kappa shape index (κ2) is 5.58. The predicted molar refractivity (Wildman–Crippen MR) is 61.1 cm³/mol. The molecule has 1 aliphatic rings. The highest BCUT2D eigenvalue weighted by Gasteiger charge is 2.36. The van der Waals surface area contributed by atoms with Crippen LogP contribution in [0.25, 0.3) is 0 Å². The first kappa shape index (κ1) is 14.1. The molecule has 0 radical (unpaired) electrons. The number of hydrogen-bond donors (Lipinski definition) is 2. The summed E-state index contributed by atoms with van der Waals surface area (Å²) in [5, 5.41) is 3.21. The van der Waals surface area contributed by atoms with Crippen molar-refractivity contribution < 1.29 is 18.5 Å². The highest BCUT2D eigenvalue weighted by atomic mass is 31.2. The summed E-state index contributed by atoms with van der Waals surface area (Å²) < 4.78 is 21.4. The van der Waals surface area contributed by atoms with Crippen LogP contribution in [0.4, 0.5) is 0 Å². The topological polar surface area (TPSA) is 71.0 Å². The lowest BCUT2D eigenvalue weighted by Crippen LogP contribution is -2.54. The summed E-state index contributed by atoms with van der Waals surface area (Å²) >= 11 is 0. The highest BCUT2D eigenvalue weighted by Crippen LogP contribution is 2.47. The lowest BCUT2D eigenvalue weighted by atomic mass is 10.2. The van der Waals surface area contributed by atoms with Crippen LogP contribution in [-0.4, -0.2) is 48.3 Å². The van der Waals surface area contributed by atoms with Crippen molar-refractivity contribution >= 4 is 7.82 Å². The Hall–Kier alpha value is 0.0300. The van der Waals surface area contributed by atoms with Crippen LogP contribution < -0.4 is 5.32 Å². The minimum absolute atomic E-state index is 0.158. The molecule has 1 atom stereocenters. The van der Waals surface area contributed by atoms with Gasteiger partial charge in [-0.15, -0.1) is 0 Å². The molecule has 0 saturated carbocycles. The summed E-state index contributed by atoms with van der Waals surface area (Å²) in [4.78, 5) is 11.5. The second-order valence-electron chi connectivity index (χ2n) is 4.16. The largest absolute Gasteiger partial charge is 0.473 e. The lowest BCUT2D eigenvalue weighted by molar-refractivity contribution is -0.0802. The zero-order valence-electron chi connectivity index (χ0n) is 10.1. The number of piperazine rings is 1. The van der Waals surface area contributed by atoms with E-state index in [9.17, 15) is 9.46 Å². The maximum Gasteiger partial charge on any atom is 0.473 e. The van der Waals surface area contributed by atoms with Crippen LogP contribution in [-0.2, 0) is 13.6 Å². The quantitative estimate of drug-likeness (QED) is 0.705. The van der Waals surface area contributed by atoms with E-state index in [1.165, 1.54) is 0 Å². The second-order valence-corrected chi connectivity index (χ2v) is 5.54. The Kier molecular flexibility index (Phi) is 4.91. The standard InChI is InChI=1S/C9H21N2O4P/c1-4-14-16(12,13)15-9(2,3)11-7-5-10-6-8-11/h10H,4-8H2,1-3H3,(H,12,13). The van der Waals surface area contributed by atoms with Gasteiger partial charge in [0.05, 0.1) is 6.61 Å². The fourth-order valence-corrected chi connectivity index (χ4v) is 2.79. The van der Waals surface area contributed by atoms with Crippen LogP contribution in [0.15, 0.2) is 0 Å². The van der Waals surface area contributed by atoms with Crippen molar-refractivity contribution in [1.82, 2.24) is 10.2 Å². The zero-order chi connectivity index (χ0) is 12.2. The normalized spacial score (nSPS) is 23.0. The van der Waals surface area contributed by atoms with Gasteiger partial charge in [0.2, 0.25) is 0 Å². The molecule has 6 nitrogen and oxygen atoms in total. The Morgan fingerprint density at radius 3 is 2.50 bits per heavy atom. The molecular formula is C9H21N2O4P. The van der Waals surface area contributed by atoms with Crippen molar-refractivity contribution in [2.75, 3.05) is 32.8 Å². The van der Waals surface area contributed by atoms with Gasteiger partial charge in [0.25, 0.3) is 0 Å². The van der Waals surface area contributed by atoms with E-state index in [-0.39, 0.29) is 6.61 Å². The van der Waals surface area contributed by atoms with Gasteiger partial charge in [-0.2, -0.15) is 0 Å². The van der Waals surface area contributed by atoms with Crippen molar-refractivity contribution in [2.24, 2.45) is 0 Å². The third kappa shape index (κ3) is 4.13.